The molecule has 128 valence electrons. The van der Waals surface area contributed by atoms with Crippen molar-refractivity contribution < 1.29 is 25.5 Å². The highest BCUT2D eigenvalue weighted by Gasteiger charge is 2.29. The third-order valence-electron chi connectivity index (χ3n) is 2.63. The summed E-state index contributed by atoms with van der Waals surface area (Å²) < 4.78 is 0. The summed E-state index contributed by atoms with van der Waals surface area (Å²) in [6.07, 6.45) is -5.65. The van der Waals surface area contributed by atoms with Crippen molar-refractivity contribution in [3.8, 4) is 0 Å². The van der Waals surface area contributed by atoms with Crippen LogP contribution < -0.4 is 16.6 Å². The van der Waals surface area contributed by atoms with Crippen molar-refractivity contribution in [3.63, 3.8) is 0 Å². The van der Waals surface area contributed by atoms with Crippen LogP contribution in [0.2, 0.25) is 0 Å². The number of hydrogen-bond acceptors (Lipinski definition) is 8. The Bertz CT molecular complexity index is 502. The Morgan fingerprint density at radius 2 is 1.64 bits per heavy atom. The van der Waals surface area contributed by atoms with Gasteiger partial charge in [-0.3, -0.25) is 9.78 Å². The molecule has 1 rings (SSSR count). The SMILES string of the molecule is CNCC(O)C(O)C(O)C(O)CO.Cc1cc(=O)[nH]c(=O)[nH]1. The summed E-state index contributed by atoms with van der Waals surface area (Å²) >= 11 is 0. The molecule has 0 spiro atoms. The second-order valence-electron chi connectivity index (χ2n) is 4.63. The molecule has 0 aromatic carbocycles. The quantitative estimate of drug-likeness (QED) is 0.261. The zero-order valence-electron chi connectivity index (χ0n) is 12.4. The van der Waals surface area contributed by atoms with Crippen LogP contribution in [0.15, 0.2) is 15.7 Å². The monoisotopic (exact) mass is 321 g/mol. The third-order valence-corrected chi connectivity index (χ3v) is 2.63. The molecular weight excluding hydrogens is 298 g/mol. The van der Waals surface area contributed by atoms with Crippen LogP contribution in [0.5, 0.6) is 0 Å². The maximum Gasteiger partial charge on any atom is 0.325 e. The first kappa shape index (κ1) is 20.4. The molecular formula is C12H23N3O7. The Labute approximate surface area is 126 Å². The summed E-state index contributed by atoms with van der Waals surface area (Å²) in [6, 6.07) is 1.32. The lowest BCUT2D eigenvalue weighted by Crippen LogP contribution is -2.48. The highest BCUT2D eigenvalue weighted by molar-refractivity contribution is 4.93. The molecule has 1 aromatic rings. The van der Waals surface area contributed by atoms with Crippen LogP contribution in [-0.4, -0.2) is 80.1 Å². The molecule has 0 aliphatic heterocycles. The summed E-state index contributed by atoms with van der Waals surface area (Å²) in [5.41, 5.74) is -0.250. The summed E-state index contributed by atoms with van der Waals surface area (Å²) in [7, 11) is 1.57. The molecule has 0 fully saturated rings. The molecule has 0 radical (unpaired) electrons. The summed E-state index contributed by atoms with van der Waals surface area (Å²) in [5, 5.41) is 47.5. The number of likely N-dealkylation sites (N-methyl/N-ethyl adjacent to an activating group) is 1. The molecule has 0 aliphatic rings. The minimum Gasteiger partial charge on any atom is -0.394 e. The van der Waals surface area contributed by atoms with Gasteiger partial charge in [0.25, 0.3) is 5.56 Å². The van der Waals surface area contributed by atoms with Crippen LogP contribution in [0.4, 0.5) is 0 Å². The van der Waals surface area contributed by atoms with Crippen LogP contribution in [0, 0.1) is 6.92 Å². The number of hydrogen-bond donors (Lipinski definition) is 8. The van der Waals surface area contributed by atoms with Crippen LogP contribution in [-0.2, 0) is 0 Å². The third kappa shape index (κ3) is 7.45. The summed E-state index contributed by atoms with van der Waals surface area (Å²) in [5.74, 6) is 0. The van der Waals surface area contributed by atoms with Gasteiger partial charge in [0.15, 0.2) is 0 Å². The largest absolute Gasteiger partial charge is 0.394 e. The van der Waals surface area contributed by atoms with E-state index in [1.807, 2.05) is 4.98 Å². The minimum absolute atomic E-state index is 0.0936. The predicted octanol–water partition coefficient (Wildman–Crippen LogP) is -3.99. The molecule has 10 nitrogen and oxygen atoms in total. The second-order valence-corrected chi connectivity index (χ2v) is 4.63. The first-order chi connectivity index (χ1) is 10.2. The van der Waals surface area contributed by atoms with E-state index in [0.717, 1.165) is 0 Å². The van der Waals surface area contributed by atoms with Gasteiger partial charge in [0, 0.05) is 18.3 Å². The number of aromatic nitrogens is 2. The number of rotatable bonds is 6. The standard InChI is InChI=1S/C7H17NO5.C5H6N2O2/c1-8-2-4(10)6(12)7(13)5(11)3-9;1-3-2-4(8)7-5(9)6-3/h4-13H,2-3H2,1H3;2H,1H3,(H2,6,7,8,9). The Hall–Kier alpha value is -1.56. The van der Waals surface area contributed by atoms with Crippen LogP contribution in [0.25, 0.3) is 0 Å². The Morgan fingerprint density at radius 3 is 2.05 bits per heavy atom. The molecule has 10 heteroatoms. The van der Waals surface area contributed by atoms with Crippen molar-refractivity contribution in [1.29, 1.82) is 0 Å². The highest BCUT2D eigenvalue weighted by atomic mass is 16.4. The Balaban J connectivity index is 0.000000425. The number of nitrogens with one attached hydrogen (secondary N) is 3. The van der Waals surface area contributed by atoms with Gasteiger partial charge in [0.1, 0.15) is 18.3 Å². The van der Waals surface area contributed by atoms with E-state index in [0.29, 0.717) is 5.69 Å². The first-order valence-corrected chi connectivity index (χ1v) is 6.50. The lowest BCUT2D eigenvalue weighted by Gasteiger charge is -2.25. The molecule has 0 amide bonds. The molecule has 8 N–H and O–H groups in total. The summed E-state index contributed by atoms with van der Waals surface area (Å²) in [4.78, 5) is 25.3. The fourth-order valence-corrected chi connectivity index (χ4v) is 1.48. The number of aliphatic hydroxyl groups excluding tert-OH is 5. The van der Waals surface area contributed by atoms with Gasteiger partial charge >= 0.3 is 5.69 Å². The van der Waals surface area contributed by atoms with Crippen LogP contribution in [0.1, 0.15) is 5.69 Å². The van der Waals surface area contributed by atoms with Gasteiger partial charge in [-0.2, -0.15) is 0 Å². The van der Waals surface area contributed by atoms with E-state index in [1.165, 1.54) is 6.07 Å². The second kappa shape index (κ2) is 10.2. The first-order valence-electron chi connectivity index (χ1n) is 6.50. The lowest BCUT2D eigenvalue weighted by atomic mass is 10.0. The van der Waals surface area contributed by atoms with E-state index in [4.69, 9.17) is 20.4 Å². The van der Waals surface area contributed by atoms with Crippen molar-refractivity contribution in [1.82, 2.24) is 15.3 Å². The highest BCUT2D eigenvalue weighted by Crippen LogP contribution is 2.04. The summed E-state index contributed by atoms with van der Waals surface area (Å²) in [6.45, 7) is 1.08. The molecule has 0 saturated carbocycles. The van der Waals surface area contributed by atoms with Gasteiger partial charge < -0.3 is 35.8 Å². The maximum absolute atomic E-state index is 10.4. The zero-order valence-corrected chi connectivity index (χ0v) is 12.4. The van der Waals surface area contributed by atoms with Crippen molar-refractivity contribution in [2.45, 2.75) is 31.3 Å². The van der Waals surface area contributed by atoms with E-state index in [9.17, 15) is 14.7 Å². The fourth-order valence-electron chi connectivity index (χ4n) is 1.48. The number of aryl methyl sites for hydroxylation is 1. The van der Waals surface area contributed by atoms with E-state index in [-0.39, 0.29) is 12.1 Å². The Kier molecular flexibility index (Phi) is 9.49. The van der Waals surface area contributed by atoms with Crippen molar-refractivity contribution in [3.05, 3.63) is 32.6 Å². The van der Waals surface area contributed by atoms with Crippen molar-refractivity contribution >= 4 is 0 Å². The van der Waals surface area contributed by atoms with Gasteiger partial charge in [0.05, 0.1) is 12.7 Å². The molecule has 4 atom stereocenters. The van der Waals surface area contributed by atoms with E-state index < -0.39 is 36.7 Å². The molecule has 22 heavy (non-hydrogen) atoms. The molecule has 0 bridgehead atoms. The van der Waals surface area contributed by atoms with E-state index in [2.05, 4.69) is 10.3 Å². The topological polar surface area (TPSA) is 179 Å². The van der Waals surface area contributed by atoms with Crippen LogP contribution >= 0.6 is 0 Å². The average molecular weight is 321 g/mol. The molecule has 1 heterocycles. The normalized spacial score (nSPS) is 16.1. The molecule has 0 aliphatic carbocycles. The Morgan fingerprint density at radius 1 is 1.09 bits per heavy atom. The van der Waals surface area contributed by atoms with Gasteiger partial charge in [0.2, 0.25) is 0 Å². The lowest BCUT2D eigenvalue weighted by molar-refractivity contribution is -0.113. The van der Waals surface area contributed by atoms with Crippen LogP contribution in [0.3, 0.4) is 0 Å². The molecule has 1 aromatic heterocycles. The number of H-pyrrole nitrogens is 2. The zero-order chi connectivity index (χ0) is 17.3. The van der Waals surface area contributed by atoms with Crippen molar-refractivity contribution in [2.75, 3.05) is 20.2 Å². The fraction of sp³-hybridized carbons (Fsp3) is 0.667. The van der Waals surface area contributed by atoms with Crippen molar-refractivity contribution in [2.24, 2.45) is 0 Å². The van der Waals surface area contributed by atoms with E-state index in [1.54, 1.807) is 14.0 Å². The molecule has 0 saturated heterocycles. The number of aromatic amines is 2. The van der Waals surface area contributed by atoms with Gasteiger partial charge in [-0.25, -0.2) is 4.79 Å². The average Bonchev–Trinajstić information content (AvgIpc) is 2.44. The maximum atomic E-state index is 10.4. The smallest absolute Gasteiger partial charge is 0.325 e. The molecule has 4 unspecified atom stereocenters. The van der Waals surface area contributed by atoms with E-state index >= 15 is 0 Å². The minimum atomic E-state index is -1.55. The number of aliphatic hydroxyl groups is 5. The predicted molar refractivity (Wildman–Crippen MR) is 77.5 cm³/mol. The van der Waals surface area contributed by atoms with Gasteiger partial charge in [-0.15, -0.1) is 0 Å². The van der Waals surface area contributed by atoms with Gasteiger partial charge in [-0.1, -0.05) is 0 Å². The van der Waals surface area contributed by atoms with Gasteiger partial charge in [-0.05, 0) is 14.0 Å².